The van der Waals surface area contributed by atoms with Gasteiger partial charge in [-0.25, -0.2) is 4.79 Å². The highest BCUT2D eigenvalue weighted by Gasteiger charge is 2.11. The molecule has 4 nitrogen and oxygen atoms in total. The number of fused-ring (bicyclic) bond motifs is 1. The van der Waals surface area contributed by atoms with E-state index in [4.69, 9.17) is 4.74 Å². The highest BCUT2D eigenvalue weighted by molar-refractivity contribution is 6.00. The first kappa shape index (κ1) is 16.0. The summed E-state index contributed by atoms with van der Waals surface area (Å²) in [6, 6.07) is 25.3. The molecule has 0 radical (unpaired) electrons. The molecule has 3 aromatic carbocycles. The molecule has 2 N–H and O–H groups in total. The molecule has 1 aromatic heterocycles. The summed E-state index contributed by atoms with van der Waals surface area (Å²) in [5, 5.41) is 10.1. The van der Waals surface area contributed by atoms with Gasteiger partial charge in [-0.3, -0.25) is 0 Å². The average Bonchev–Trinajstić information content (AvgIpc) is 3.12. The van der Waals surface area contributed by atoms with Crippen LogP contribution in [0.15, 0.2) is 78.9 Å². The third-order valence-electron chi connectivity index (χ3n) is 4.28. The van der Waals surface area contributed by atoms with Gasteiger partial charge < -0.3 is 14.8 Å². The summed E-state index contributed by atoms with van der Waals surface area (Å²) in [6.07, 6.45) is 0. The first-order chi connectivity index (χ1) is 12.7. The number of aromatic nitrogens is 1. The highest BCUT2D eigenvalue weighted by Crippen LogP contribution is 2.31. The first-order valence-corrected chi connectivity index (χ1v) is 8.33. The lowest BCUT2D eigenvalue weighted by atomic mass is 10.0. The van der Waals surface area contributed by atoms with Gasteiger partial charge in [-0.1, -0.05) is 60.7 Å². The van der Waals surface area contributed by atoms with Crippen LogP contribution in [0.4, 0.5) is 0 Å². The maximum Gasteiger partial charge on any atom is 0.352 e. The van der Waals surface area contributed by atoms with E-state index in [1.165, 1.54) is 0 Å². The number of H-pyrrole nitrogens is 1. The minimum Gasteiger partial charge on any atom is -0.489 e. The maximum atomic E-state index is 11.2. The SMILES string of the molecule is O=C(O)c1cc2cccc(-c3cccc(OCc4ccccc4)c3)c2[nH]1. The number of nitrogens with one attached hydrogen (secondary N) is 1. The molecule has 26 heavy (non-hydrogen) atoms. The monoisotopic (exact) mass is 343 g/mol. The number of hydrogen-bond acceptors (Lipinski definition) is 2. The van der Waals surface area contributed by atoms with Crippen molar-refractivity contribution in [2.24, 2.45) is 0 Å². The number of carboxylic acid groups (broad SMARTS) is 1. The Morgan fingerprint density at radius 3 is 2.54 bits per heavy atom. The zero-order valence-corrected chi connectivity index (χ0v) is 14.0. The summed E-state index contributed by atoms with van der Waals surface area (Å²) in [7, 11) is 0. The summed E-state index contributed by atoms with van der Waals surface area (Å²) in [5.74, 6) is -0.194. The van der Waals surface area contributed by atoms with Crippen LogP contribution in [0.5, 0.6) is 5.75 Å². The fraction of sp³-hybridized carbons (Fsp3) is 0.0455. The van der Waals surface area contributed by atoms with Gasteiger partial charge in [0.05, 0.1) is 5.52 Å². The molecule has 0 aliphatic rings. The molecule has 0 fully saturated rings. The van der Waals surface area contributed by atoms with Gasteiger partial charge in [0.25, 0.3) is 0 Å². The fourth-order valence-electron chi connectivity index (χ4n) is 3.01. The molecule has 0 saturated carbocycles. The predicted molar refractivity (Wildman–Crippen MR) is 101 cm³/mol. The van der Waals surface area contributed by atoms with E-state index < -0.39 is 5.97 Å². The molecule has 0 aliphatic heterocycles. The van der Waals surface area contributed by atoms with Crippen molar-refractivity contribution < 1.29 is 14.6 Å². The zero-order chi connectivity index (χ0) is 17.9. The van der Waals surface area contributed by atoms with Gasteiger partial charge in [0.1, 0.15) is 18.1 Å². The van der Waals surface area contributed by atoms with E-state index >= 15 is 0 Å². The van der Waals surface area contributed by atoms with E-state index in [1.807, 2.05) is 72.8 Å². The van der Waals surface area contributed by atoms with Crippen LogP contribution in [-0.4, -0.2) is 16.1 Å². The van der Waals surface area contributed by atoms with Crippen LogP contribution >= 0.6 is 0 Å². The molecular formula is C22H17NO3. The first-order valence-electron chi connectivity index (χ1n) is 8.33. The van der Waals surface area contributed by atoms with Gasteiger partial charge in [-0.15, -0.1) is 0 Å². The normalized spacial score (nSPS) is 10.8. The number of hydrogen-bond donors (Lipinski definition) is 2. The lowest BCUT2D eigenvalue weighted by molar-refractivity contribution is 0.0691. The van der Waals surface area contributed by atoms with E-state index in [2.05, 4.69) is 4.98 Å². The molecule has 0 amide bonds. The molecule has 4 aromatic rings. The van der Waals surface area contributed by atoms with Crippen molar-refractivity contribution in [2.45, 2.75) is 6.61 Å². The van der Waals surface area contributed by atoms with Crippen LogP contribution in [0.2, 0.25) is 0 Å². The number of para-hydroxylation sites is 1. The second-order valence-electron chi connectivity index (χ2n) is 6.06. The molecule has 0 spiro atoms. The Balaban J connectivity index is 1.66. The molecular weight excluding hydrogens is 326 g/mol. The maximum absolute atomic E-state index is 11.2. The van der Waals surface area contributed by atoms with Crippen molar-refractivity contribution in [3.05, 3.63) is 90.1 Å². The molecule has 4 rings (SSSR count). The average molecular weight is 343 g/mol. The Hall–Kier alpha value is -3.53. The Morgan fingerprint density at radius 1 is 0.923 bits per heavy atom. The van der Waals surface area contributed by atoms with Crippen molar-refractivity contribution in [3.63, 3.8) is 0 Å². The summed E-state index contributed by atoms with van der Waals surface area (Å²) in [5.41, 5.74) is 4.02. The fourth-order valence-corrected chi connectivity index (χ4v) is 3.01. The Morgan fingerprint density at radius 2 is 1.73 bits per heavy atom. The van der Waals surface area contributed by atoms with Gasteiger partial charge in [-0.05, 0) is 29.3 Å². The standard InChI is InChI=1S/C22H17NO3/c24-22(25)20-13-17-9-5-11-19(21(17)23-20)16-8-4-10-18(12-16)26-14-15-6-2-1-3-7-15/h1-13,23H,14H2,(H,24,25). The summed E-state index contributed by atoms with van der Waals surface area (Å²) in [4.78, 5) is 14.2. The number of rotatable bonds is 5. The van der Waals surface area contributed by atoms with Gasteiger partial charge in [0.2, 0.25) is 0 Å². The molecule has 0 aliphatic carbocycles. The number of carboxylic acids is 1. The van der Waals surface area contributed by atoms with Crippen molar-refractivity contribution in [2.75, 3.05) is 0 Å². The van der Waals surface area contributed by atoms with Gasteiger partial charge >= 0.3 is 5.97 Å². The summed E-state index contributed by atoms with van der Waals surface area (Å²) in [6.45, 7) is 0.500. The van der Waals surface area contributed by atoms with Crippen LogP contribution in [-0.2, 0) is 6.61 Å². The predicted octanol–water partition coefficient (Wildman–Crippen LogP) is 5.11. The van der Waals surface area contributed by atoms with Crippen LogP contribution < -0.4 is 4.74 Å². The van der Waals surface area contributed by atoms with Crippen LogP contribution in [0, 0.1) is 0 Å². The van der Waals surface area contributed by atoms with Crippen LogP contribution in [0.25, 0.3) is 22.0 Å². The smallest absolute Gasteiger partial charge is 0.352 e. The topological polar surface area (TPSA) is 62.3 Å². The third-order valence-corrected chi connectivity index (χ3v) is 4.28. The van der Waals surface area contributed by atoms with Gasteiger partial charge in [0.15, 0.2) is 0 Å². The Labute approximate surface area is 150 Å². The largest absolute Gasteiger partial charge is 0.489 e. The number of aromatic amines is 1. The highest BCUT2D eigenvalue weighted by atomic mass is 16.5. The van der Waals surface area contributed by atoms with E-state index in [0.717, 1.165) is 33.3 Å². The summed E-state index contributed by atoms with van der Waals surface area (Å²) >= 11 is 0. The summed E-state index contributed by atoms with van der Waals surface area (Å²) < 4.78 is 5.91. The molecule has 4 heteroatoms. The molecule has 0 unspecified atom stereocenters. The zero-order valence-electron chi connectivity index (χ0n) is 14.0. The minimum absolute atomic E-state index is 0.184. The van der Waals surface area contributed by atoms with Crippen LogP contribution in [0.1, 0.15) is 16.1 Å². The quantitative estimate of drug-likeness (QED) is 0.529. The van der Waals surface area contributed by atoms with Crippen molar-refractivity contribution >= 4 is 16.9 Å². The van der Waals surface area contributed by atoms with Gasteiger partial charge in [-0.2, -0.15) is 0 Å². The lowest BCUT2D eigenvalue weighted by Crippen LogP contribution is -1.95. The van der Waals surface area contributed by atoms with E-state index in [9.17, 15) is 9.90 Å². The second kappa shape index (κ2) is 6.76. The van der Waals surface area contributed by atoms with Crippen molar-refractivity contribution in [1.29, 1.82) is 0 Å². The molecule has 0 bridgehead atoms. The number of benzene rings is 3. The molecule has 0 saturated heterocycles. The third kappa shape index (κ3) is 3.17. The number of carbonyl (C=O) groups is 1. The number of aromatic carboxylic acids is 1. The molecule has 128 valence electrons. The second-order valence-corrected chi connectivity index (χ2v) is 6.06. The lowest BCUT2D eigenvalue weighted by Gasteiger charge is -2.09. The van der Waals surface area contributed by atoms with Crippen molar-refractivity contribution in [3.8, 4) is 16.9 Å². The molecule has 1 heterocycles. The van der Waals surface area contributed by atoms with E-state index in [1.54, 1.807) is 6.07 Å². The Kier molecular flexibility index (Phi) is 4.15. The van der Waals surface area contributed by atoms with Gasteiger partial charge in [0, 0.05) is 10.9 Å². The van der Waals surface area contributed by atoms with E-state index in [0.29, 0.717) is 6.61 Å². The van der Waals surface area contributed by atoms with Crippen molar-refractivity contribution in [1.82, 2.24) is 4.98 Å². The van der Waals surface area contributed by atoms with E-state index in [-0.39, 0.29) is 5.69 Å². The van der Waals surface area contributed by atoms with Crippen LogP contribution in [0.3, 0.4) is 0 Å². The number of ether oxygens (including phenoxy) is 1. The molecule has 0 atom stereocenters. The minimum atomic E-state index is -0.966. The Bertz CT molecular complexity index is 1070.